The normalized spacial score (nSPS) is 16.7. The van der Waals surface area contributed by atoms with E-state index in [-0.39, 0.29) is 35.5 Å². The highest BCUT2D eigenvalue weighted by Crippen LogP contribution is 2.30. The van der Waals surface area contributed by atoms with Crippen molar-refractivity contribution in [2.45, 2.75) is 63.3 Å². The van der Waals surface area contributed by atoms with Crippen LogP contribution in [-0.4, -0.2) is 52.3 Å². The zero-order chi connectivity index (χ0) is 29.9. The summed E-state index contributed by atoms with van der Waals surface area (Å²) in [5.74, 6) is 0. The van der Waals surface area contributed by atoms with Crippen molar-refractivity contribution in [3.8, 4) is 0 Å². The van der Waals surface area contributed by atoms with Crippen LogP contribution in [0.3, 0.4) is 0 Å². The Hall–Kier alpha value is -2.94. The number of alkyl halides is 3. The van der Waals surface area contributed by atoms with Gasteiger partial charge in [-0.1, -0.05) is 18.7 Å². The molecule has 1 aliphatic rings. The molecule has 0 spiro atoms. The largest absolute Gasteiger partial charge is 0.416 e. The Morgan fingerprint density at radius 1 is 1.07 bits per heavy atom. The van der Waals surface area contributed by atoms with Gasteiger partial charge in [-0.25, -0.2) is 26.4 Å². The summed E-state index contributed by atoms with van der Waals surface area (Å²) < 4.78 is 93.5. The van der Waals surface area contributed by atoms with E-state index in [1.807, 2.05) is 0 Å². The van der Waals surface area contributed by atoms with Gasteiger partial charge in [0.25, 0.3) is 0 Å². The number of allylic oxidation sites excluding steroid dienone is 1. The molecule has 9 nitrogen and oxygen atoms in total. The summed E-state index contributed by atoms with van der Waals surface area (Å²) in [6.45, 7) is 8.35. The van der Waals surface area contributed by atoms with Crippen molar-refractivity contribution >= 4 is 31.8 Å². The summed E-state index contributed by atoms with van der Waals surface area (Å²) in [6, 6.07) is 8.73. The molecule has 40 heavy (non-hydrogen) atoms. The minimum absolute atomic E-state index is 0.0374. The van der Waals surface area contributed by atoms with E-state index in [0.717, 1.165) is 12.1 Å². The first-order valence-corrected chi connectivity index (χ1v) is 15.5. The molecule has 0 radical (unpaired) electrons. The minimum atomic E-state index is -4.49. The fourth-order valence-corrected chi connectivity index (χ4v) is 6.53. The third kappa shape index (κ3) is 7.62. The van der Waals surface area contributed by atoms with E-state index in [2.05, 4.69) is 16.6 Å². The molecule has 0 unspecified atom stereocenters. The van der Waals surface area contributed by atoms with E-state index in [0.29, 0.717) is 24.1 Å². The quantitative estimate of drug-likeness (QED) is 0.417. The Bertz CT molecular complexity index is 1430. The lowest BCUT2D eigenvalue weighted by Gasteiger charge is -2.26. The van der Waals surface area contributed by atoms with Gasteiger partial charge in [-0.3, -0.25) is 4.90 Å². The SMILES string of the molecule is C=C(C)S(=O)(=O)NC[C@H]1CCCN1S(=O)(=O)c1ccc(N(Cc2ccc(C(F)(F)F)cc2)C(=O)NC(C)C)cc1. The van der Waals surface area contributed by atoms with Crippen molar-refractivity contribution in [2.24, 2.45) is 0 Å². The predicted octanol–water partition coefficient (Wildman–Crippen LogP) is 4.44. The lowest BCUT2D eigenvalue weighted by molar-refractivity contribution is -0.137. The van der Waals surface area contributed by atoms with Gasteiger partial charge in [0, 0.05) is 35.8 Å². The summed E-state index contributed by atoms with van der Waals surface area (Å²) in [7, 11) is -7.74. The van der Waals surface area contributed by atoms with Crippen molar-refractivity contribution < 1.29 is 34.8 Å². The third-order valence-electron chi connectivity index (χ3n) is 6.33. The minimum Gasteiger partial charge on any atom is -0.336 e. The molecule has 1 atom stereocenters. The molecule has 2 aromatic rings. The molecule has 1 saturated heterocycles. The lowest BCUT2D eigenvalue weighted by atomic mass is 10.1. The number of carbonyl (C=O) groups is 1. The van der Waals surface area contributed by atoms with Gasteiger partial charge in [0.2, 0.25) is 20.0 Å². The molecule has 1 fully saturated rings. The zero-order valence-corrected chi connectivity index (χ0v) is 24.0. The van der Waals surface area contributed by atoms with Gasteiger partial charge in [-0.15, -0.1) is 0 Å². The van der Waals surface area contributed by atoms with Crippen LogP contribution < -0.4 is 14.9 Å². The summed E-state index contributed by atoms with van der Waals surface area (Å²) in [6.07, 6.45) is -3.45. The Morgan fingerprint density at radius 3 is 2.20 bits per heavy atom. The van der Waals surface area contributed by atoms with Crippen LogP contribution in [0.15, 0.2) is 64.9 Å². The number of rotatable bonds is 10. The number of hydrogen-bond donors (Lipinski definition) is 2. The van der Waals surface area contributed by atoms with E-state index >= 15 is 0 Å². The van der Waals surface area contributed by atoms with Crippen LogP contribution in [0.5, 0.6) is 0 Å². The summed E-state index contributed by atoms with van der Waals surface area (Å²) in [5.41, 5.74) is -0.0263. The number of benzene rings is 2. The lowest BCUT2D eigenvalue weighted by Crippen LogP contribution is -2.43. The first-order chi connectivity index (χ1) is 18.5. The second kappa shape index (κ2) is 12.3. The smallest absolute Gasteiger partial charge is 0.336 e. The molecule has 0 bridgehead atoms. The highest BCUT2D eigenvalue weighted by Gasteiger charge is 2.36. The van der Waals surface area contributed by atoms with Crippen molar-refractivity contribution in [1.29, 1.82) is 0 Å². The Balaban J connectivity index is 1.84. The van der Waals surface area contributed by atoms with E-state index in [1.54, 1.807) is 13.8 Å². The second-order valence-corrected chi connectivity index (χ2v) is 13.7. The highest BCUT2D eigenvalue weighted by atomic mass is 32.2. The van der Waals surface area contributed by atoms with Gasteiger partial charge in [-0.2, -0.15) is 17.5 Å². The van der Waals surface area contributed by atoms with Crippen LogP contribution >= 0.6 is 0 Å². The number of nitrogens with one attached hydrogen (secondary N) is 2. The number of anilines is 1. The number of urea groups is 1. The van der Waals surface area contributed by atoms with Crippen LogP contribution in [0.1, 0.15) is 44.7 Å². The van der Waals surface area contributed by atoms with Gasteiger partial charge < -0.3 is 5.32 Å². The van der Waals surface area contributed by atoms with Crippen molar-refractivity contribution in [3.05, 3.63) is 71.1 Å². The molecule has 0 saturated carbocycles. The number of carbonyl (C=O) groups excluding carboxylic acids is 1. The monoisotopic (exact) mass is 602 g/mol. The highest BCUT2D eigenvalue weighted by molar-refractivity contribution is 7.93. The van der Waals surface area contributed by atoms with Crippen molar-refractivity contribution in [1.82, 2.24) is 14.3 Å². The average Bonchev–Trinajstić information content (AvgIpc) is 3.35. The van der Waals surface area contributed by atoms with Crippen LogP contribution in [0, 0.1) is 0 Å². The third-order valence-corrected chi connectivity index (χ3v) is 9.76. The van der Waals surface area contributed by atoms with Crippen LogP contribution in [0.4, 0.5) is 23.7 Å². The van der Waals surface area contributed by atoms with E-state index in [4.69, 9.17) is 0 Å². The summed E-state index contributed by atoms with van der Waals surface area (Å²) >= 11 is 0. The van der Waals surface area contributed by atoms with E-state index < -0.39 is 43.9 Å². The maximum absolute atomic E-state index is 13.4. The molecule has 0 aliphatic carbocycles. The van der Waals surface area contributed by atoms with Gasteiger partial charge in [-0.05, 0) is 75.6 Å². The molecule has 14 heteroatoms. The van der Waals surface area contributed by atoms with Crippen LogP contribution in [0.25, 0.3) is 0 Å². The fraction of sp³-hybridized carbons (Fsp3) is 0.423. The number of nitrogens with zero attached hydrogens (tertiary/aromatic N) is 2. The number of halogens is 3. The predicted molar refractivity (Wildman–Crippen MR) is 146 cm³/mol. The summed E-state index contributed by atoms with van der Waals surface area (Å²) in [5, 5.41) is 2.74. The van der Waals surface area contributed by atoms with Gasteiger partial charge >= 0.3 is 12.2 Å². The second-order valence-electron chi connectivity index (χ2n) is 9.84. The van der Waals surface area contributed by atoms with Crippen molar-refractivity contribution in [3.63, 3.8) is 0 Å². The van der Waals surface area contributed by atoms with Gasteiger partial charge in [0.1, 0.15) is 0 Å². The first kappa shape index (κ1) is 31.6. The van der Waals surface area contributed by atoms with E-state index in [9.17, 15) is 34.8 Å². The van der Waals surface area contributed by atoms with Crippen LogP contribution in [0.2, 0.25) is 0 Å². The average molecular weight is 603 g/mol. The Kier molecular flexibility index (Phi) is 9.70. The van der Waals surface area contributed by atoms with Crippen molar-refractivity contribution in [2.75, 3.05) is 18.0 Å². The summed E-state index contributed by atoms with van der Waals surface area (Å²) in [4.78, 5) is 14.2. The molecule has 3 rings (SSSR count). The molecule has 1 heterocycles. The first-order valence-electron chi connectivity index (χ1n) is 12.5. The molecule has 2 N–H and O–H groups in total. The topological polar surface area (TPSA) is 116 Å². The maximum Gasteiger partial charge on any atom is 0.416 e. The molecule has 220 valence electrons. The molecule has 2 amide bonds. The molecular weight excluding hydrogens is 569 g/mol. The number of hydrogen-bond acceptors (Lipinski definition) is 5. The standard InChI is InChI=1S/C26H33F3N4O5S2/c1-18(2)31-25(34)32(17-20-7-9-21(10-8-20)26(27,28)29)22-11-13-24(14-12-22)40(37,38)33-15-5-6-23(33)16-30-39(35,36)19(3)4/h7-14,18,23,30H,3,5-6,15-17H2,1-2,4H3,(H,31,34)/t23-/m1/s1. The number of sulfonamides is 2. The molecular formula is C26H33F3N4O5S2. The van der Waals surface area contributed by atoms with Gasteiger partial charge in [0.05, 0.1) is 17.0 Å². The maximum atomic E-state index is 13.4. The van der Waals surface area contributed by atoms with Gasteiger partial charge in [0.15, 0.2) is 0 Å². The fourth-order valence-electron chi connectivity index (χ4n) is 4.18. The Morgan fingerprint density at radius 2 is 1.68 bits per heavy atom. The number of amides is 2. The van der Waals surface area contributed by atoms with Crippen LogP contribution in [-0.2, 0) is 32.8 Å². The Labute approximate surface area is 233 Å². The van der Waals surface area contributed by atoms with E-state index in [1.165, 1.54) is 52.5 Å². The molecule has 2 aromatic carbocycles. The zero-order valence-electron chi connectivity index (χ0n) is 22.4. The molecule has 0 aromatic heterocycles. The molecule has 1 aliphatic heterocycles.